The van der Waals surface area contributed by atoms with Crippen LogP contribution in [0.2, 0.25) is 5.02 Å². The van der Waals surface area contributed by atoms with Gasteiger partial charge in [0.25, 0.3) is 5.91 Å². The maximum Gasteiger partial charge on any atom is 0.257 e. The Kier molecular flexibility index (Phi) is 7.57. The minimum Gasteiger partial charge on any atom is -0.493 e. The van der Waals surface area contributed by atoms with E-state index < -0.39 is 6.04 Å². The predicted molar refractivity (Wildman–Crippen MR) is 162 cm³/mol. The van der Waals surface area contributed by atoms with E-state index >= 15 is 0 Å². The molecule has 210 valence electrons. The summed E-state index contributed by atoms with van der Waals surface area (Å²) in [4.78, 5) is 22.8. The Hall–Kier alpha value is -5.15. The summed E-state index contributed by atoms with van der Waals surface area (Å²) in [6, 6.07) is 27.6. The summed E-state index contributed by atoms with van der Waals surface area (Å²) in [6.45, 7) is 2.22. The summed E-state index contributed by atoms with van der Waals surface area (Å²) < 4.78 is 13.5. The predicted octanol–water partition coefficient (Wildman–Crippen LogP) is 6.51. The van der Waals surface area contributed by atoms with Crippen molar-refractivity contribution in [2.75, 3.05) is 17.7 Å². The van der Waals surface area contributed by atoms with Gasteiger partial charge in [0.2, 0.25) is 5.95 Å². The number of anilines is 2. The molecule has 0 bridgehead atoms. The molecule has 0 aliphatic carbocycles. The first-order chi connectivity index (χ1) is 20.5. The molecule has 9 nitrogen and oxygen atoms in total. The van der Waals surface area contributed by atoms with Gasteiger partial charge in [-0.1, -0.05) is 66.2 Å². The smallest absolute Gasteiger partial charge is 0.257 e. The van der Waals surface area contributed by atoms with Crippen molar-refractivity contribution in [2.45, 2.75) is 19.6 Å². The standard InChI is InChI=1S/C32H27ClN6O3/c1-20-28(31(40)36-27-14-8-9-17-34-27)29(39-32(35-20)37-30(38-39)23-12-6-7-13-24(23)33)22-15-16-25(26(18-22)41-2)42-19-21-10-4-3-5-11-21/h3-18,29H,19H2,1-2H3,(H,34,36,40)(H,35,37,38). The van der Waals surface area contributed by atoms with Gasteiger partial charge in [-0.2, -0.15) is 4.98 Å². The highest BCUT2D eigenvalue weighted by Gasteiger charge is 2.35. The van der Waals surface area contributed by atoms with Gasteiger partial charge in [-0.3, -0.25) is 4.79 Å². The van der Waals surface area contributed by atoms with Crippen molar-refractivity contribution in [2.24, 2.45) is 0 Å². The van der Waals surface area contributed by atoms with Crippen LogP contribution < -0.4 is 20.1 Å². The Morgan fingerprint density at radius 3 is 2.55 bits per heavy atom. The van der Waals surface area contributed by atoms with E-state index in [4.69, 9.17) is 31.2 Å². The topological polar surface area (TPSA) is 103 Å². The van der Waals surface area contributed by atoms with Gasteiger partial charge in [-0.15, -0.1) is 5.10 Å². The minimum atomic E-state index is -0.647. The van der Waals surface area contributed by atoms with Gasteiger partial charge in [-0.25, -0.2) is 9.67 Å². The maximum atomic E-state index is 13.8. The highest BCUT2D eigenvalue weighted by atomic mass is 35.5. The SMILES string of the molecule is COc1cc(C2C(C(=O)Nc3ccccn3)=C(C)Nc3nc(-c4ccccc4Cl)nn32)ccc1OCc1ccccc1. The van der Waals surface area contributed by atoms with E-state index in [0.717, 1.165) is 11.1 Å². The second kappa shape index (κ2) is 11.8. The lowest BCUT2D eigenvalue weighted by atomic mass is 9.94. The molecular weight excluding hydrogens is 552 g/mol. The zero-order chi connectivity index (χ0) is 29.1. The number of ether oxygens (including phenoxy) is 2. The Bertz CT molecular complexity index is 1770. The molecule has 1 unspecified atom stereocenters. The molecule has 3 heterocycles. The van der Waals surface area contributed by atoms with Crippen molar-refractivity contribution in [1.29, 1.82) is 0 Å². The van der Waals surface area contributed by atoms with E-state index in [9.17, 15) is 4.79 Å². The Labute approximate surface area is 247 Å². The Morgan fingerprint density at radius 2 is 1.79 bits per heavy atom. The van der Waals surface area contributed by atoms with Crippen LogP contribution in [0.1, 0.15) is 24.1 Å². The summed E-state index contributed by atoms with van der Waals surface area (Å²) in [5, 5.41) is 11.5. The van der Waals surface area contributed by atoms with Crippen LogP contribution in [0, 0.1) is 0 Å². The molecule has 0 fully saturated rings. The van der Waals surface area contributed by atoms with Crippen LogP contribution in [-0.4, -0.2) is 32.8 Å². The van der Waals surface area contributed by atoms with Gasteiger partial charge in [0.15, 0.2) is 17.3 Å². The van der Waals surface area contributed by atoms with Crippen LogP contribution in [0.5, 0.6) is 11.5 Å². The number of benzene rings is 3. The maximum absolute atomic E-state index is 13.8. The zero-order valence-corrected chi connectivity index (χ0v) is 23.7. The van der Waals surface area contributed by atoms with Crippen LogP contribution in [-0.2, 0) is 11.4 Å². The van der Waals surface area contributed by atoms with Crippen molar-refractivity contribution >= 4 is 29.3 Å². The number of fused-ring (bicyclic) bond motifs is 1. The van der Waals surface area contributed by atoms with E-state index in [1.807, 2.05) is 79.7 Å². The molecule has 1 aliphatic rings. The molecule has 1 atom stereocenters. The molecule has 5 aromatic rings. The number of pyridine rings is 1. The molecule has 42 heavy (non-hydrogen) atoms. The monoisotopic (exact) mass is 578 g/mol. The summed E-state index contributed by atoms with van der Waals surface area (Å²) in [7, 11) is 1.59. The fourth-order valence-corrected chi connectivity index (χ4v) is 5.06. The number of rotatable bonds is 8. The number of carbonyl (C=O) groups is 1. The molecule has 1 amide bonds. The lowest BCUT2D eigenvalue weighted by Gasteiger charge is -2.29. The Balaban J connectivity index is 1.41. The number of amides is 1. The van der Waals surface area contributed by atoms with Gasteiger partial charge >= 0.3 is 0 Å². The number of carbonyl (C=O) groups excluding carboxylic acids is 1. The van der Waals surface area contributed by atoms with Crippen LogP contribution >= 0.6 is 11.6 Å². The van der Waals surface area contributed by atoms with Gasteiger partial charge in [0.05, 0.1) is 17.7 Å². The molecule has 2 aromatic heterocycles. The molecule has 0 saturated heterocycles. The van der Waals surface area contributed by atoms with Crippen LogP contribution in [0.3, 0.4) is 0 Å². The number of nitrogens with zero attached hydrogens (tertiary/aromatic N) is 4. The summed E-state index contributed by atoms with van der Waals surface area (Å²) in [5.41, 5.74) is 3.54. The minimum absolute atomic E-state index is 0.326. The van der Waals surface area contributed by atoms with E-state index in [0.29, 0.717) is 57.6 Å². The van der Waals surface area contributed by atoms with Gasteiger partial charge in [0, 0.05) is 17.5 Å². The lowest BCUT2D eigenvalue weighted by Crippen LogP contribution is -2.31. The lowest BCUT2D eigenvalue weighted by molar-refractivity contribution is -0.113. The fourth-order valence-electron chi connectivity index (χ4n) is 4.84. The van der Waals surface area contributed by atoms with Crippen LogP contribution in [0.4, 0.5) is 11.8 Å². The second-order valence-electron chi connectivity index (χ2n) is 9.60. The van der Waals surface area contributed by atoms with Crippen LogP contribution in [0.15, 0.2) is 108 Å². The molecular formula is C32H27ClN6O3. The van der Waals surface area contributed by atoms with Gasteiger partial charge < -0.3 is 20.1 Å². The average Bonchev–Trinajstić information content (AvgIpc) is 3.43. The fraction of sp³-hybridized carbons (Fsp3) is 0.125. The summed E-state index contributed by atoms with van der Waals surface area (Å²) in [5.74, 6) is 2.12. The molecule has 0 spiro atoms. The first-order valence-electron chi connectivity index (χ1n) is 13.3. The van der Waals surface area contributed by atoms with Gasteiger partial charge in [0.1, 0.15) is 18.5 Å². The summed E-state index contributed by atoms with van der Waals surface area (Å²) in [6.07, 6.45) is 1.62. The van der Waals surface area contributed by atoms with Gasteiger partial charge in [-0.05, 0) is 54.4 Å². The van der Waals surface area contributed by atoms with Crippen LogP contribution in [0.25, 0.3) is 11.4 Å². The number of hydrogen-bond acceptors (Lipinski definition) is 7. The number of halogens is 1. The van der Waals surface area contributed by atoms with Crippen molar-refractivity contribution in [1.82, 2.24) is 19.7 Å². The largest absolute Gasteiger partial charge is 0.493 e. The molecule has 10 heteroatoms. The quantitative estimate of drug-likeness (QED) is 0.216. The molecule has 1 aliphatic heterocycles. The molecule has 6 rings (SSSR count). The molecule has 3 aromatic carbocycles. The van der Waals surface area contributed by atoms with Crippen molar-refractivity contribution < 1.29 is 14.3 Å². The highest BCUT2D eigenvalue weighted by molar-refractivity contribution is 6.33. The van der Waals surface area contributed by atoms with E-state index in [1.165, 1.54) is 0 Å². The normalized spacial score (nSPS) is 14.1. The third kappa shape index (κ3) is 5.42. The second-order valence-corrected chi connectivity index (χ2v) is 10.0. The first-order valence-corrected chi connectivity index (χ1v) is 13.7. The van der Waals surface area contributed by atoms with Crippen molar-refractivity contribution in [3.8, 4) is 22.9 Å². The zero-order valence-electron chi connectivity index (χ0n) is 22.9. The van der Waals surface area contributed by atoms with Crippen molar-refractivity contribution in [3.05, 3.63) is 125 Å². The third-order valence-corrected chi connectivity index (χ3v) is 7.19. The Morgan fingerprint density at radius 1 is 1.00 bits per heavy atom. The first kappa shape index (κ1) is 27.0. The molecule has 0 saturated carbocycles. The highest BCUT2D eigenvalue weighted by Crippen LogP contribution is 2.40. The van der Waals surface area contributed by atoms with E-state index in [2.05, 4.69) is 15.6 Å². The third-order valence-electron chi connectivity index (χ3n) is 6.86. The molecule has 0 radical (unpaired) electrons. The van der Waals surface area contributed by atoms with E-state index in [1.54, 1.807) is 36.2 Å². The number of nitrogens with one attached hydrogen (secondary N) is 2. The number of methoxy groups -OCH3 is 1. The van der Waals surface area contributed by atoms with Crippen molar-refractivity contribution in [3.63, 3.8) is 0 Å². The molecule has 2 N–H and O–H groups in total. The number of allylic oxidation sites excluding steroid dienone is 1. The van der Waals surface area contributed by atoms with E-state index in [-0.39, 0.29) is 5.91 Å². The average molecular weight is 579 g/mol. The summed E-state index contributed by atoms with van der Waals surface area (Å²) >= 11 is 6.48. The number of aromatic nitrogens is 4. The number of hydrogen-bond donors (Lipinski definition) is 2.